The molecule has 388 valence electrons. The first-order valence-electron chi connectivity index (χ1n) is 27.3. The molecule has 0 atom stereocenters. The third-order valence-electron chi connectivity index (χ3n) is 13.2. The van der Waals surface area contributed by atoms with Crippen LogP contribution in [0.4, 0.5) is 0 Å². The first kappa shape index (κ1) is 55.6. The van der Waals surface area contributed by atoms with Crippen molar-refractivity contribution in [1.82, 2.24) is 0 Å². The summed E-state index contributed by atoms with van der Waals surface area (Å²) in [5, 5.41) is 0. The van der Waals surface area contributed by atoms with Crippen molar-refractivity contribution in [2.45, 2.75) is 105 Å². The second kappa shape index (κ2) is 28.5. The van der Waals surface area contributed by atoms with E-state index in [2.05, 4.69) is 101 Å². The monoisotopic (exact) mass is 1030 g/mol. The average Bonchev–Trinajstić information content (AvgIpc) is 4.47. The summed E-state index contributed by atoms with van der Waals surface area (Å²) in [5.74, 6) is 2.69. The topological polar surface area (TPSA) is 86.4 Å². The second-order valence-corrected chi connectivity index (χ2v) is 18.9. The van der Waals surface area contributed by atoms with Crippen molar-refractivity contribution >= 4 is 68.2 Å². The Labute approximate surface area is 475 Å². The van der Waals surface area contributed by atoms with Crippen LogP contribution in [0, 0.1) is 0 Å². The molecule has 0 amide bonds. The van der Waals surface area contributed by atoms with E-state index in [1.165, 1.54) is 0 Å². The standard InChI is InChI=1S/C68H68N4O4.Mg.2H/c1-5-9-13-25-41-73-60-33-21-17-29-54(60)58-47-53-46-51-38-37-49(69-51)45-50-39-40-52(70-50)48-59-64(55-30-18-22-34-61(55)74-42-26-14-10-6-2)65(56-31-19-23-35-62(56)75-43-27-15-11-7-3)68(72-59)66(67(58)71-53)57-32-20-24-36-63(57)76-44-28-16-12-8-4;;;/h17-48H,5-16H2,1-4H3;;;/q;+2;2*-1. The Kier molecular flexibility index (Phi) is 20.6. The Morgan fingerprint density at radius 1 is 0.390 bits per heavy atom. The molecule has 0 fully saturated rings. The van der Waals surface area contributed by atoms with Gasteiger partial charge in [0.2, 0.25) is 0 Å². The molecule has 8 nitrogen and oxygen atoms in total. The van der Waals surface area contributed by atoms with Gasteiger partial charge in [0.25, 0.3) is 0 Å². The number of hydrogen-bond donors (Lipinski definition) is 0. The molecule has 0 aliphatic carbocycles. The minimum Gasteiger partial charge on any atom is -1.00 e. The summed E-state index contributed by atoms with van der Waals surface area (Å²) in [6.07, 6.45) is 44.2. The smallest absolute Gasteiger partial charge is 1.00 e. The molecule has 0 radical (unpaired) electrons. The van der Waals surface area contributed by atoms with Gasteiger partial charge in [-0.2, -0.15) is 0 Å². The van der Waals surface area contributed by atoms with Gasteiger partial charge in [-0.15, -0.1) is 0 Å². The number of hydrogen-bond acceptors (Lipinski definition) is 8. The third-order valence-corrected chi connectivity index (χ3v) is 13.2. The molecule has 4 aromatic rings. The molecule has 5 aliphatic heterocycles. The summed E-state index contributed by atoms with van der Waals surface area (Å²) < 4.78 is 26.7. The van der Waals surface area contributed by atoms with Crippen molar-refractivity contribution < 1.29 is 21.8 Å². The van der Waals surface area contributed by atoms with Crippen LogP contribution in [0.15, 0.2) is 238 Å². The van der Waals surface area contributed by atoms with Gasteiger partial charge in [0.1, 0.15) is 23.0 Å². The average molecular weight is 1030 g/mol. The number of nitrogens with zero attached hydrogens (tertiary/aromatic N) is 4. The number of ether oxygens (including phenoxy) is 4. The minimum absolute atomic E-state index is 0. The molecule has 0 spiro atoms. The largest absolute Gasteiger partial charge is 2.00 e. The maximum absolute atomic E-state index is 6.74. The number of allylic oxidation sites excluding steroid dienone is 16. The third kappa shape index (κ3) is 14.1. The second-order valence-electron chi connectivity index (χ2n) is 18.9. The van der Waals surface area contributed by atoms with E-state index in [4.69, 9.17) is 38.9 Å². The summed E-state index contributed by atoms with van der Waals surface area (Å²) in [6.45, 7) is 8.79. The van der Waals surface area contributed by atoms with Crippen LogP contribution in [-0.4, -0.2) is 45.9 Å². The van der Waals surface area contributed by atoms with Crippen LogP contribution in [-0.2, 0) is 0 Å². The van der Waals surface area contributed by atoms with Crippen LogP contribution in [0.3, 0.4) is 0 Å². The van der Waals surface area contributed by atoms with Gasteiger partial charge in [0.15, 0.2) is 0 Å². The molecule has 0 unspecified atom stereocenters. The van der Waals surface area contributed by atoms with E-state index in [0.29, 0.717) is 45.8 Å². The zero-order valence-electron chi connectivity index (χ0n) is 47.1. The van der Waals surface area contributed by atoms with Crippen LogP contribution < -0.4 is 18.9 Å². The fraction of sp³-hybridized carbons (Fsp3) is 0.235. The molecule has 0 N–H and O–H groups in total. The number of fused-ring (bicyclic) bond motifs is 4. The van der Waals surface area contributed by atoms with Gasteiger partial charge in [-0.05, 0) is 149 Å². The van der Waals surface area contributed by atoms with Crippen molar-refractivity contribution in [3.05, 3.63) is 240 Å². The predicted octanol–water partition coefficient (Wildman–Crippen LogP) is 17.9. The zero-order chi connectivity index (χ0) is 52.3. The molecule has 8 bridgehead atoms. The van der Waals surface area contributed by atoms with E-state index in [-0.39, 0.29) is 25.9 Å². The quantitative estimate of drug-likeness (QED) is 0.0397. The Morgan fingerprint density at radius 3 is 1.25 bits per heavy atom. The fourth-order valence-corrected chi connectivity index (χ4v) is 9.29. The van der Waals surface area contributed by atoms with Gasteiger partial charge < -0.3 is 21.8 Å². The van der Waals surface area contributed by atoms with Crippen LogP contribution in [0.1, 0.15) is 130 Å². The molecular weight excluding hydrogens is 961 g/mol. The van der Waals surface area contributed by atoms with E-state index in [9.17, 15) is 0 Å². The maximum Gasteiger partial charge on any atom is 2.00 e. The van der Waals surface area contributed by atoms with Gasteiger partial charge >= 0.3 is 23.1 Å². The van der Waals surface area contributed by atoms with Crippen molar-refractivity contribution in [2.24, 2.45) is 20.0 Å². The summed E-state index contributed by atoms with van der Waals surface area (Å²) >= 11 is 0. The Balaban J connectivity index is 0.00000336. The van der Waals surface area contributed by atoms with Gasteiger partial charge in [-0.3, -0.25) is 0 Å². The van der Waals surface area contributed by atoms with Gasteiger partial charge in [0.05, 0.1) is 70.7 Å². The maximum atomic E-state index is 6.74. The molecule has 5 aliphatic rings. The van der Waals surface area contributed by atoms with Crippen molar-refractivity contribution in [1.29, 1.82) is 0 Å². The number of aliphatic imine (C=N–C) groups is 4. The minimum atomic E-state index is 0. The number of benzene rings is 4. The van der Waals surface area contributed by atoms with Crippen molar-refractivity contribution in [3.63, 3.8) is 0 Å². The summed E-state index contributed by atoms with van der Waals surface area (Å²) in [6, 6.07) is 32.8. The van der Waals surface area contributed by atoms with E-state index < -0.39 is 0 Å². The summed E-state index contributed by atoms with van der Waals surface area (Å²) in [7, 11) is 0. The van der Waals surface area contributed by atoms with Crippen LogP contribution in [0.5, 0.6) is 23.0 Å². The molecule has 0 saturated heterocycles. The van der Waals surface area contributed by atoms with E-state index in [1.807, 2.05) is 122 Å². The molecule has 5 heterocycles. The normalized spacial score (nSPS) is 15.7. The van der Waals surface area contributed by atoms with Gasteiger partial charge in [0, 0.05) is 44.5 Å². The Hall–Kier alpha value is -7.59. The van der Waals surface area contributed by atoms with E-state index in [0.717, 1.165) is 144 Å². The molecule has 9 rings (SSSR count). The number of para-hydroxylation sites is 4. The molecule has 9 heteroatoms. The SMILES string of the molecule is CCCCC=COc1ccccc1C1=CC2=CC3=NC(=CC4=NC(=CC5=NC(=C(c6ccccc6OC=CCCCC)C1=N2)C(c1ccccc1OC=CCCCC)=C5c1ccccc1OC=CCCCC)C=C4)C=C3.[H-].[H-].[Mg+2]. The van der Waals surface area contributed by atoms with E-state index in [1.54, 1.807) is 0 Å². The number of rotatable bonds is 24. The number of unbranched alkanes of at least 4 members (excludes halogenated alkanes) is 8. The fourth-order valence-electron chi connectivity index (χ4n) is 9.29. The molecule has 0 aromatic heterocycles. The molecule has 77 heavy (non-hydrogen) atoms. The summed E-state index contributed by atoms with van der Waals surface area (Å²) in [4.78, 5) is 21.7. The Morgan fingerprint density at radius 2 is 0.779 bits per heavy atom. The van der Waals surface area contributed by atoms with E-state index >= 15 is 0 Å². The summed E-state index contributed by atoms with van der Waals surface area (Å²) in [5.41, 5.74) is 12.4. The first-order chi connectivity index (χ1) is 37.6. The van der Waals surface area contributed by atoms with Crippen LogP contribution in [0.25, 0.3) is 22.3 Å². The molecule has 4 aromatic carbocycles. The Bertz CT molecular complexity index is 3320. The van der Waals surface area contributed by atoms with Crippen LogP contribution in [0.2, 0.25) is 0 Å². The zero-order valence-corrected chi connectivity index (χ0v) is 46.5. The van der Waals surface area contributed by atoms with Gasteiger partial charge in [-0.25, -0.2) is 20.0 Å². The van der Waals surface area contributed by atoms with Gasteiger partial charge in [-0.1, -0.05) is 126 Å². The first-order valence-corrected chi connectivity index (χ1v) is 27.3. The molecular formula is C68H70MgN4O4. The molecule has 0 saturated carbocycles. The van der Waals surface area contributed by atoms with Crippen LogP contribution >= 0.6 is 0 Å². The van der Waals surface area contributed by atoms with Crippen molar-refractivity contribution in [2.75, 3.05) is 0 Å². The predicted molar refractivity (Wildman–Crippen MR) is 325 cm³/mol. The van der Waals surface area contributed by atoms with Crippen molar-refractivity contribution in [3.8, 4) is 23.0 Å².